The maximum absolute atomic E-state index is 11.9. The lowest BCUT2D eigenvalue weighted by atomic mass is 10.1. The van der Waals surface area contributed by atoms with Gasteiger partial charge in [0.15, 0.2) is 17.3 Å². The average Bonchev–Trinajstić information content (AvgIpc) is 3.13. The Morgan fingerprint density at radius 1 is 1.11 bits per heavy atom. The molecule has 144 valence electrons. The number of carbonyl (C=O) groups is 1. The Morgan fingerprint density at radius 2 is 1.93 bits per heavy atom. The normalized spacial score (nSPS) is 16.5. The Labute approximate surface area is 162 Å². The number of carbonyl (C=O) groups excluding carboxylic acids is 1. The Morgan fingerprint density at radius 3 is 2.61 bits per heavy atom. The molecule has 3 aromatic rings. The molecule has 0 radical (unpaired) electrons. The Balaban J connectivity index is 1.93. The Bertz CT molecular complexity index is 1070. The summed E-state index contributed by atoms with van der Waals surface area (Å²) < 4.78 is 4.80. The van der Waals surface area contributed by atoms with E-state index >= 15 is 0 Å². The maximum atomic E-state index is 11.9. The van der Waals surface area contributed by atoms with Crippen LogP contribution in [0.1, 0.15) is 30.1 Å². The molecule has 0 saturated carbocycles. The van der Waals surface area contributed by atoms with E-state index < -0.39 is 5.97 Å². The number of phenols is 2. The molecule has 0 unspecified atom stereocenters. The van der Waals surface area contributed by atoms with Crippen LogP contribution in [0.2, 0.25) is 0 Å². The maximum Gasteiger partial charge on any atom is 0.337 e. The predicted octanol–water partition coefficient (Wildman–Crippen LogP) is 3.48. The van der Waals surface area contributed by atoms with Gasteiger partial charge in [-0.05, 0) is 56.2 Å². The van der Waals surface area contributed by atoms with E-state index in [2.05, 4.69) is 11.8 Å². The summed E-state index contributed by atoms with van der Waals surface area (Å²) in [4.78, 5) is 23.7. The van der Waals surface area contributed by atoms with E-state index in [0.717, 1.165) is 19.4 Å². The quantitative estimate of drug-likeness (QED) is 0.531. The first kappa shape index (κ1) is 18.0. The van der Waals surface area contributed by atoms with Crippen molar-refractivity contribution in [3.05, 3.63) is 42.0 Å². The fourth-order valence-electron chi connectivity index (χ4n) is 3.60. The number of phenolic OH excluding ortho intramolecular Hbond substituents is 2. The van der Waals surface area contributed by atoms with Crippen LogP contribution in [-0.2, 0) is 4.74 Å². The molecule has 1 aliphatic rings. The highest BCUT2D eigenvalue weighted by atomic mass is 16.5. The summed E-state index contributed by atoms with van der Waals surface area (Å²) >= 11 is 0. The van der Waals surface area contributed by atoms with E-state index in [9.17, 15) is 15.0 Å². The highest BCUT2D eigenvalue weighted by Crippen LogP contribution is 2.37. The number of ether oxygens (including phenoxy) is 1. The number of aromatic hydroxyl groups is 2. The molecule has 4 rings (SSSR count). The van der Waals surface area contributed by atoms with Crippen LogP contribution in [0.25, 0.3) is 22.3 Å². The molecule has 28 heavy (non-hydrogen) atoms. The molecule has 1 atom stereocenters. The van der Waals surface area contributed by atoms with Crippen molar-refractivity contribution in [3.63, 3.8) is 0 Å². The van der Waals surface area contributed by atoms with E-state index in [1.807, 2.05) is 0 Å². The van der Waals surface area contributed by atoms with Gasteiger partial charge in [-0.15, -0.1) is 0 Å². The second-order valence-electron chi connectivity index (χ2n) is 6.98. The number of fused-ring (bicyclic) bond motifs is 1. The molecule has 1 fully saturated rings. The van der Waals surface area contributed by atoms with Crippen LogP contribution < -0.4 is 4.90 Å². The highest BCUT2D eigenvalue weighted by Gasteiger charge is 2.26. The van der Waals surface area contributed by atoms with Gasteiger partial charge in [0, 0.05) is 18.2 Å². The van der Waals surface area contributed by atoms with Gasteiger partial charge in [-0.3, -0.25) is 0 Å². The highest BCUT2D eigenvalue weighted by molar-refractivity contribution is 5.94. The zero-order chi connectivity index (χ0) is 19.8. The molecule has 2 aromatic carbocycles. The zero-order valence-corrected chi connectivity index (χ0v) is 15.7. The molecule has 0 bridgehead atoms. The SMILES string of the molecule is COC(=O)c1ccc2nc(-c3ccc(O)c(O)c3)c(N3CCC[C@H]3C)nc2c1. The third kappa shape index (κ3) is 3.09. The first-order valence-corrected chi connectivity index (χ1v) is 9.17. The number of hydrogen-bond acceptors (Lipinski definition) is 7. The molecule has 0 amide bonds. The Hall–Kier alpha value is -3.35. The van der Waals surface area contributed by atoms with Crippen molar-refractivity contribution in [2.45, 2.75) is 25.8 Å². The minimum atomic E-state index is -0.424. The summed E-state index contributed by atoms with van der Waals surface area (Å²) in [5, 5.41) is 19.6. The Kier molecular flexibility index (Phi) is 4.50. The van der Waals surface area contributed by atoms with Crippen molar-refractivity contribution in [3.8, 4) is 22.8 Å². The molecule has 7 heteroatoms. The molecule has 7 nitrogen and oxygen atoms in total. The summed E-state index contributed by atoms with van der Waals surface area (Å²) in [6.07, 6.45) is 2.12. The summed E-state index contributed by atoms with van der Waals surface area (Å²) in [5.74, 6) is -0.117. The lowest BCUT2D eigenvalue weighted by molar-refractivity contribution is 0.0601. The molecule has 2 N–H and O–H groups in total. The number of anilines is 1. The van der Waals surface area contributed by atoms with E-state index in [4.69, 9.17) is 14.7 Å². The monoisotopic (exact) mass is 379 g/mol. The smallest absolute Gasteiger partial charge is 0.337 e. The van der Waals surface area contributed by atoms with E-state index in [1.54, 1.807) is 24.3 Å². The number of aromatic nitrogens is 2. The molecule has 2 heterocycles. The fourth-order valence-corrected chi connectivity index (χ4v) is 3.60. The minimum Gasteiger partial charge on any atom is -0.504 e. The second-order valence-corrected chi connectivity index (χ2v) is 6.98. The van der Waals surface area contributed by atoms with Gasteiger partial charge in [-0.25, -0.2) is 14.8 Å². The van der Waals surface area contributed by atoms with Gasteiger partial charge in [0.25, 0.3) is 0 Å². The van der Waals surface area contributed by atoms with Gasteiger partial charge in [-0.2, -0.15) is 0 Å². The van der Waals surface area contributed by atoms with E-state index in [1.165, 1.54) is 19.2 Å². The summed E-state index contributed by atoms with van der Waals surface area (Å²) in [7, 11) is 1.34. The molecular weight excluding hydrogens is 358 g/mol. The van der Waals surface area contributed by atoms with Gasteiger partial charge in [0.05, 0.1) is 23.7 Å². The van der Waals surface area contributed by atoms with Crippen LogP contribution in [0, 0.1) is 0 Å². The van der Waals surface area contributed by atoms with Gasteiger partial charge in [0.2, 0.25) is 0 Å². The molecular formula is C21H21N3O4. The fraction of sp³-hybridized carbons (Fsp3) is 0.286. The van der Waals surface area contributed by atoms with Crippen molar-refractivity contribution in [2.24, 2.45) is 0 Å². The van der Waals surface area contributed by atoms with Gasteiger partial charge < -0.3 is 19.8 Å². The average molecular weight is 379 g/mol. The van der Waals surface area contributed by atoms with E-state index in [-0.39, 0.29) is 11.5 Å². The van der Waals surface area contributed by atoms with Gasteiger partial charge in [0.1, 0.15) is 5.69 Å². The standard InChI is InChI=1S/C21H21N3O4/c1-12-4-3-9-24(12)20-19(13-6-8-17(25)18(26)11-13)22-15-7-5-14(21(27)28-2)10-16(15)23-20/h5-8,10-12,25-26H,3-4,9H2,1-2H3/t12-/m1/s1. The number of benzene rings is 2. The predicted molar refractivity (Wildman–Crippen MR) is 106 cm³/mol. The topological polar surface area (TPSA) is 95.8 Å². The van der Waals surface area contributed by atoms with Crippen LogP contribution in [0.5, 0.6) is 11.5 Å². The van der Waals surface area contributed by atoms with Crippen LogP contribution in [-0.4, -0.2) is 45.8 Å². The van der Waals surface area contributed by atoms with Crippen molar-refractivity contribution in [2.75, 3.05) is 18.6 Å². The summed E-state index contributed by atoms with van der Waals surface area (Å²) in [5.41, 5.74) is 2.94. The van der Waals surface area contributed by atoms with Crippen LogP contribution in [0.4, 0.5) is 5.82 Å². The molecule has 1 saturated heterocycles. The molecule has 0 spiro atoms. The van der Waals surface area contributed by atoms with Crippen LogP contribution in [0.15, 0.2) is 36.4 Å². The zero-order valence-electron chi connectivity index (χ0n) is 15.7. The third-order valence-corrected chi connectivity index (χ3v) is 5.14. The molecule has 0 aliphatic carbocycles. The number of hydrogen-bond donors (Lipinski definition) is 2. The van der Waals surface area contributed by atoms with Crippen molar-refractivity contribution in [1.82, 2.24) is 9.97 Å². The van der Waals surface area contributed by atoms with Gasteiger partial charge >= 0.3 is 5.97 Å². The second kappa shape index (κ2) is 6.99. The number of methoxy groups -OCH3 is 1. The minimum absolute atomic E-state index is 0.184. The first-order valence-electron chi connectivity index (χ1n) is 9.17. The lowest BCUT2D eigenvalue weighted by Gasteiger charge is -2.25. The van der Waals surface area contributed by atoms with Crippen molar-refractivity contribution in [1.29, 1.82) is 0 Å². The largest absolute Gasteiger partial charge is 0.504 e. The van der Waals surface area contributed by atoms with Crippen LogP contribution >= 0.6 is 0 Å². The molecule has 1 aromatic heterocycles. The third-order valence-electron chi connectivity index (χ3n) is 5.14. The van der Waals surface area contributed by atoms with Crippen LogP contribution in [0.3, 0.4) is 0 Å². The first-order chi connectivity index (χ1) is 13.5. The summed E-state index contributed by atoms with van der Waals surface area (Å²) in [6, 6.07) is 10.00. The number of nitrogens with zero attached hydrogens (tertiary/aromatic N) is 3. The number of rotatable bonds is 3. The molecule has 1 aliphatic heterocycles. The van der Waals surface area contributed by atoms with Crippen molar-refractivity contribution < 1.29 is 19.7 Å². The van der Waals surface area contributed by atoms with E-state index in [0.29, 0.717) is 39.7 Å². The van der Waals surface area contributed by atoms with Gasteiger partial charge in [-0.1, -0.05) is 0 Å². The number of esters is 1. The summed E-state index contributed by atoms with van der Waals surface area (Å²) in [6.45, 7) is 3.00. The van der Waals surface area contributed by atoms with Crippen molar-refractivity contribution >= 4 is 22.8 Å². The lowest BCUT2D eigenvalue weighted by Crippen LogP contribution is -2.28.